The van der Waals surface area contributed by atoms with Crippen LogP contribution in [-0.4, -0.2) is 24.1 Å². The van der Waals surface area contributed by atoms with Gasteiger partial charge in [-0.2, -0.15) is 0 Å². The Labute approximate surface area is 199 Å². The summed E-state index contributed by atoms with van der Waals surface area (Å²) in [6, 6.07) is 17.9. The summed E-state index contributed by atoms with van der Waals surface area (Å²) in [6.07, 6.45) is 0. The van der Waals surface area contributed by atoms with Crippen LogP contribution in [-0.2, 0) is 34.5 Å². The van der Waals surface area contributed by atoms with Crippen molar-refractivity contribution in [2.75, 3.05) is 0 Å². The van der Waals surface area contributed by atoms with E-state index in [2.05, 4.69) is 15.1 Å². The molecule has 0 unspecified atom stereocenters. The first-order valence-electron chi connectivity index (χ1n) is 10.5. The zero-order valence-electron chi connectivity index (χ0n) is 18.3. The molecule has 11 heteroatoms. The molecule has 0 saturated heterocycles. The fourth-order valence-electron chi connectivity index (χ4n) is 3.49. The van der Waals surface area contributed by atoms with E-state index >= 15 is 0 Å². The van der Waals surface area contributed by atoms with E-state index in [9.17, 15) is 27.2 Å². The molecule has 0 atom stereocenters. The van der Waals surface area contributed by atoms with Crippen LogP contribution in [0.25, 0.3) is 10.8 Å². The summed E-state index contributed by atoms with van der Waals surface area (Å²) >= 11 is 0. The average molecular weight is 497 g/mol. The number of sulfonamides is 1. The van der Waals surface area contributed by atoms with Gasteiger partial charge in [-0.3, -0.25) is 19.5 Å². The molecule has 3 N–H and O–H groups in total. The summed E-state index contributed by atoms with van der Waals surface area (Å²) in [5.41, 5.74) is -0.0187. The molecule has 1 heterocycles. The normalized spacial score (nSPS) is 11.5. The van der Waals surface area contributed by atoms with Crippen LogP contribution in [0.5, 0.6) is 0 Å². The summed E-state index contributed by atoms with van der Waals surface area (Å²) in [7, 11) is -3.88. The van der Waals surface area contributed by atoms with Crippen LogP contribution >= 0.6 is 0 Å². The maximum absolute atomic E-state index is 13.3. The van der Waals surface area contributed by atoms with Crippen molar-refractivity contribution >= 4 is 26.7 Å². The van der Waals surface area contributed by atoms with E-state index in [-0.39, 0.29) is 28.8 Å². The second kappa shape index (κ2) is 10.0. The highest BCUT2D eigenvalue weighted by Gasteiger charge is 2.15. The van der Waals surface area contributed by atoms with Crippen LogP contribution in [0.4, 0.5) is 4.39 Å². The van der Waals surface area contributed by atoms with Crippen LogP contribution in [0.1, 0.15) is 11.1 Å². The fourth-order valence-corrected chi connectivity index (χ4v) is 4.58. The number of benzene rings is 3. The number of hydrogen-bond donors (Lipinski definition) is 3. The number of carbonyl (C=O) groups is 1. The van der Waals surface area contributed by atoms with Crippen LogP contribution in [0.3, 0.4) is 0 Å². The lowest BCUT2D eigenvalue weighted by atomic mass is 10.2. The molecule has 0 spiro atoms. The molecule has 0 aliphatic heterocycles. The Bertz CT molecular complexity index is 1630. The molecule has 4 rings (SSSR count). The third-order valence-corrected chi connectivity index (χ3v) is 6.64. The van der Waals surface area contributed by atoms with Gasteiger partial charge < -0.3 is 5.32 Å². The maximum Gasteiger partial charge on any atom is 0.273 e. The number of nitrogens with one attached hydrogen (secondary N) is 3. The summed E-state index contributed by atoms with van der Waals surface area (Å²) in [4.78, 5) is 37.1. The van der Waals surface area contributed by atoms with Crippen LogP contribution in [0.2, 0.25) is 0 Å². The number of H-pyrrole nitrogens is 1. The summed E-state index contributed by atoms with van der Waals surface area (Å²) < 4.78 is 41.9. The van der Waals surface area contributed by atoms with Gasteiger partial charge in [0.2, 0.25) is 15.9 Å². The summed E-state index contributed by atoms with van der Waals surface area (Å²) in [5.74, 6) is -1.01. The molecule has 3 aromatic carbocycles. The largest absolute Gasteiger partial charge is 0.350 e. The predicted molar refractivity (Wildman–Crippen MR) is 128 cm³/mol. The lowest BCUT2D eigenvalue weighted by Crippen LogP contribution is -2.36. The molecule has 1 amide bonds. The van der Waals surface area contributed by atoms with E-state index in [1.54, 1.807) is 24.3 Å². The van der Waals surface area contributed by atoms with Crippen molar-refractivity contribution in [1.29, 1.82) is 0 Å². The molecular formula is C24H21FN4O5S. The van der Waals surface area contributed by atoms with Gasteiger partial charge in [0.15, 0.2) is 0 Å². The summed E-state index contributed by atoms with van der Waals surface area (Å²) in [6.45, 7) is -0.496. The standard InChI is InChI=1S/C24H21FN4O5S/c25-18-7-3-5-16(11-18)14-27-35(33,34)19-8-4-6-17(12-19)13-26-22(30)15-29-24(32)21-10-2-1-9-20(21)23(31)28-29/h1-12,27H,13-15H2,(H,26,30)(H,28,31). The molecule has 0 bridgehead atoms. The van der Waals surface area contributed by atoms with Gasteiger partial charge in [0.1, 0.15) is 12.4 Å². The Morgan fingerprint density at radius 2 is 1.57 bits per heavy atom. The van der Waals surface area contributed by atoms with Crippen molar-refractivity contribution in [3.63, 3.8) is 0 Å². The van der Waals surface area contributed by atoms with Crippen molar-refractivity contribution in [2.24, 2.45) is 0 Å². The molecule has 0 aliphatic rings. The van der Waals surface area contributed by atoms with Gasteiger partial charge in [-0.05, 0) is 47.5 Å². The Morgan fingerprint density at radius 1 is 0.886 bits per heavy atom. The lowest BCUT2D eigenvalue weighted by Gasteiger charge is -2.10. The monoisotopic (exact) mass is 496 g/mol. The topological polar surface area (TPSA) is 130 Å². The molecule has 0 fully saturated rings. The van der Waals surface area contributed by atoms with Gasteiger partial charge in [0.25, 0.3) is 11.1 Å². The van der Waals surface area contributed by atoms with E-state index in [4.69, 9.17) is 0 Å². The number of hydrogen-bond acceptors (Lipinski definition) is 5. The third kappa shape index (κ3) is 5.70. The number of rotatable bonds is 8. The third-order valence-electron chi connectivity index (χ3n) is 5.24. The predicted octanol–water partition coefficient (Wildman–Crippen LogP) is 1.62. The van der Waals surface area contributed by atoms with Gasteiger partial charge in [0, 0.05) is 13.1 Å². The van der Waals surface area contributed by atoms with Gasteiger partial charge >= 0.3 is 0 Å². The average Bonchev–Trinajstić information content (AvgIpc) is 2.85. The van der Waals surface area contributed by atoms with Gasteiger partial charge in [-0.15, -0.1) is 0 Å². The van der Waals surface area contributed by atoms with Crippen LogP contribution in [0, 0.1) is 5.82 Å². The highest BCUT2D eigenvalue weighted by Crippen LogP contribution is 2.13. The molecule has 4 aromatic rings. The van der Waals surface area contributed by atoms with Crippen molar-refractivity contribution in [1.82, 2.24) is 19.8 Å². The Balaban J connectivity index is 1.41. The molecule has 35 heavy (non-hydrogen) atoms. The number of amides is 1. The minimum atomic E-state index is -3.88. The Hall–Kier alpha value is -4.09. The number of aromatic amines is 1. The first-order chi connectivity index (χ1) is 16.7. The van der Waals surface area contributed by atoms with Crippen molar-refractivity contribution in [3.05, 3.63) is 110 Å². The molecule has 0 radical (unpaired) electrons. The van der Waals surface area contributed by atoms with Gasteiger partial charge in [0.05, 0.1) is 15.7 Å². The Kier molecular flexibility index (Phi) is 6.90. The van der Waals surface area contributed by atoms with E-state index in [0.717, 1.165) is 4.68 Å². The van der Waals surface area contributed by atoms with E-state index in [1.807, 2.05) is 0 Å². The second-order valence-corrected chi connectivity index (χ2v) is 9.52. The zero-order valence-corrected chi connectivity index (χ0v) is 19.1. The minimum absolute atomic E-state index is 0.00134. The van der Waals surface area contributed by atoms with Crippen LogP contribution in [0.15, 0.2) is 87.3 Å². The zero-order chi connectivity index (χ0) is 25.0. The van der Waals surface area contributed by atoms with Crippen molar-refractivity contribution in [3.8, 4) is 0 Å². The quantitative estimate of drug-likeness (QED) is 0.341. The highest BCUT2D eigenvalue weighted by molar-refractivity contribution is 7.89. The lowest BCUT2D eigenvalue weighted by molar-refractivity contribution is -0.122. The SMILES string of the molecule is O=C(Cn1[nH]c(=O)c2ccccc2c1=O)NCc1cccc(S(=O)(=O)NCc2cccc(F)c2)c1. The number of fused-ring (bicyclic) bond motifs is 1. The molecular weight excluding hydrogens is 475 g/mol. The summed E-state index contributed by atoms with van der Waals surface area (Å²) in [5, 5.41) is 5.43. The number of halogens is 1. The van der Waals surface area contributed by atoms with E-state index in [1.165, 1.54) is 48.5 Å². The van der Waals surface area contributed by atoms with Gasteiger partial charge in [-0.25, -0.2) is 22.2 Å². The highest BCUT2D eigenvalue weighted by atomic mass is 32.2. The molecule has 1 aromatic heterocycles. The second-order valence-electron chi connectivity index (χ2n) is 7.76. The van der Waals surface area contributed by atoms with E-state index < -0.39 is 39.4 Å². The van der Waals surface area contributed by atoms with Crippen LogP contribution < -0.4 is 21.2 Å². The first kappa shape index (κ1) is 24.0. The molecule has 0 aliphatic carbocycles. The van der Waals surface area contributed by atoms with Crippen molar-refractivity contribution < 1.29 is 17.6 Å². The smallest absolute Gasteiger partial charge is 0.273 e. The maximum atomic E-state index is 13.3. The number of carbonyl (C=O) groups excluding carboxylic acids is 1. The number of nitrogens with zero attached hydrogens (tertiary/aromatic N) is 1. The Morgan fingerprint density at radius 3 is 2.31 bits per heavy atom. The molecule has 180 valence electrons. The van der Waals surface area contributed by atoms with Gasteiger partial charge in [-0.1, -0.05) is 36.4 Å². The van der Waals surface area contributed by atoms with Crippen molar-refractivity contribution in [2.45, 2.75) is 24.5 Å². The fraction of sp³-hybridized carbons (Fsp3) is 0.125. The molecule has 9 nitrogen and oxygen atoms in total. The number of aromatic nitrogens is 2. The van der Waals surface area contributed by atoms with E-state index in [0.29, 0.717) is 11.1 Å². The first-order valence-corrected chi connectivity index (χ1v) is 12.0. The minimum Gasteiger partial charge on any atom is -0.350 e. The molecule has 0 saturated carbocycles.